The summed E-state index contributed by atoms with van der Waals surface area (Å²) in [6.45, 7) is 7.19. The van der Waals surface area contributed by atoms with E-state index in [1.807, 2.05) is 6.92 Å². The Kier molecular flexibility index (Phi) is 4.10. The number of nitrogens with one attached hydrogen (secondary N) is 1. The molecule has 0 aliphatic heterocycles. The van der Waals surface area contributed by atoms with Crippen molar-refractivity contribution in [1.29, 1.82) is 0 Å². The van der Waals surface area contributed by atoms with E-state index in [-0.39, 0.29) is 11.9 Å². The van der Waals surface area contributed by atoms with Crippen LogP contribution in [0.2, 0.25) is 0 Å². The first-order valence-electron chi connectivity index (χ1n) is 3.23. The minimum atomic E-state index is 0.0379. The lowest BCUT2D eigenvalue weighted by Gasteiger charge is -2.09. The SMILES string of the molecule is [CH2]CCC(C)NC(C)=O. The largest absolute Gasteiger partial charge is 0.354 e. The summed E-state index contributed by atoms with van der Waals surface area (Å²) < 4.78 is 0. The number of carbonyl (C=O) groups is 1. The normalized spacial score (nSPS) is 12.8. The summed E-state index contributed by atoms with van der Waals surface area (Å²) >= 11 is 0. The van der Waals surface area contributed by atoms with E-state index in [4.69, 9.17) is 0 Å². The molecule has 2 nitrogen and oxygen atoms in total. The molecule has 0 aromatic rings. The molecule has 1 unspecified atom stereocenters. The van der Waals surface area contributed by atoms with Crippen LogP contribution >= 0.6 is 0 Å². The third-order valence-electron chi connectivity index (χ3n) is 1.09. The average molecular weight is 128 g/mol. The highest BCUT2D eigenvalue weighted by molar-refractivity contribution is 5.73. The second kappa shape index (κ2) is 4.36. The summed E-state index contributed by atoms with van der Waals surface area (Å²) in [6, 6.07) is 0.278. The molecule has 0 spiro atoms. The van der Waals surface area contributed by atoms with Crippen molar-refractivity contribution in [2.45, 2.75) is 32.7 Å². The number of amides is 1. The Hall–Kier alpha value is -0.530. The van der Waals surface area contributed by atoms with Gasteiger partial charge in [0.25, 0.3) is 0 Å². The van der Waals surface area contributed by atoms with Crippen molar-refractivity contribution in [1.82, 2.24) is 5.32 Å². The van der Waals surface area contributed by atoms with E-state index < -0.39 is 0 Å². The van der Waals surface area contributed by atoms with Gasteiger partial charge in [0.2, 0.25) is 5.91 Å². The quantitative estimate of drug-likeness (QED) is 0.606. The molecule has 0 aliphatic carbocycles. The molecule has 0 aromatic carbocycles. The van der Waals surface area contributed by atoms with Crippen LogP contribution in [0.1, 0.15) is 26.7 Å². The van der Waals surface area contributed by atoms with Crippen LogP contribution in [0.5, 0.6) is 0 Å². The highest BCUT2D eigenvalue weighted by atomic mass is 16.1. The predicted octanol–water partition coefficient (Wildman–Crippen LogP) is 1.13. The molecule has 0 heterocycles. The molecule has 0 saturated heterocycles. The highest BCUT2D eigenvalue weighted by Gasteiger charge is 1.99. The maximum atomic E-state index is 10.4. The third-order valence-corrected chi connectivity index (χ3v) is 1.09. The number of carbonyl (C=O) groups excluding carboxylic acids is 1. The first-order chi connectivity index (χ1) is 4.16. The molecule has 1 N–H and O–H groups in total. The molecular formula is C7H14NO. The molecule has 53 valence electrons. The second-order valence-corrected chi connectivity index (χ2v) is 2.24. The summed E-state index contributed by atoms with van der Waals surface area (Å²) in [7, 11) is 0. The zero-order chi connectivity index (χ0) is 7.28. The topological polar surface area (TPSA) is 29.1 Å². The molecule has 0 fully saturated rings. The van der Waals surface area contributed by atoms with Crippen molar-refractivity contribution >= 4 is 5.91 Å². The zero-order valence-electron chi connectivity index (χ0n) is 6.11. The number of hydrogen-bond acceptors (Lipinski definition) is 1. The van der Waals surface area contributed by atoms with Crippen LogP contribution in [0.3, 0.4) is 0 Å². The maximum Gasteiger partial charge on any atom is 0.217 e. The van der Waals surface area contributed by atoms with Gasteiger partial charge in [-0.15, -0.1) is 0 Å². The van der Waals surface area contributed by atoms with E-state index in [0.717, 1.165) is 12.8 Å². The van der Waals surface area contributed by atoms with Crippen LogP contribution in [0.4, 0.5) is 0 Å². The summed E-state index contributed by atoms with van der Waals surface area (Å²) in [5.74, 6) is 0.0379. The molecule has 9 heavy (non-hydrogen) atoms. The third kappa shape index (κ3) is 5.34. The van der Waals surface area contributed by atoms with E-state index in [0.29, 0.717) is 0 Å². The monoisotopic (exact) mass is 128 g/mol. The average Bonchev–Trinajstić information content (AvgIpc) is 1.63. The fourth-order valence-corrected chi connectivity index (χ4v) is 0.725. The first-order valence-corrected chi connectivity index (χ1v) is 3.23. The van der Waals surface area contributed by atoms with E-state index in [2.05, 4.69) is 12.2 Å². The predicted molar refractivity (Wildman–Crippen MR) is 37.9 cm³/mol. The van der Waals surface area contributed by atoms with Gasteiger partial charge in [0.1, 0.15) is 0 Å². The molecular weight excluding hydrogens is 114 g/mol. The van der Waals surface area contributed by atoms with Crippen LogP contribution in [-0.4, -0.2) is 11.9 Å². The zero-order valence-corrected chi connectivity index (χ0v) is 6.11. The summed E-state index contributed by atoms with van der Waals surface area (Å²) in [5.41, 5.74) is 0. The highest BCUT2D eigenvalue weighted by Crippen LogP contribution is 1.92. The van der Waals surface area contributed by atoms with Gasteiger partial charge in [-0.05, 0) is 13.3 Å². The van der Waals surface area contributed by atoms with Crippen molar-refractivity contribution < 1.29 is 4.79 Å². The fraction of sp³-hybridized carbons (Fsp3) is 0.714. The van der Waals surface area contributed by atoms with Crippen LogP contribution < -0.4 is 5.32 Å². The lowest BCUT2D eigenvalue weighted by atomic mass is 10.2. The van der Waals surface area contributed by atoms with Gasteiger partial charge in [-0.25, -0.2) is 0 Å². The van der Waals surface area contributed by atoms with E-state index in [1.165, 1.54) is 6.92 Å². The van der Waals surface area contributed by atoms with Gasteiger partial charge in [0.05, 0.1) is 0 Å². The van der Waals surface area contributed by atoms with Gasteiger partial charge in [0, 0.05) is 13.0 Å². The van der Waals surface area contributed by atoms with Crippen molar-refractivity contribution in [3.8, 4) is 0 Å². The fourth-order valence-electron chi connectivity index (χ4n) is 0.725. The number of hydrogen-bond donors (Lipinski definition) is 1. The first kappa shape index (κ1) is 8.47. The second-order valence-electron chi connectivity index (χ2n) is 2.24. The Bertz CT molecular complexity index is 90.9. The minimum Gasteiger partial charge on any atom is -0.354 e. The van der Waals surface area contributed by atoms with Crippen LogP contribution in [0.15, 0.2) is 0 Å². The summed E-state index contributed by atoms with van der Waals surface area (Å²) in [4.78, 5) is 10.4. The molecule has 0 saturated carbocycles. The summed E-state index contributed by atoms with van der Waals surface area (Å²) in [5, 5.41) is 2.76. The van der Waals surface area contributed by atoms with Crippen molar-refractivity contribution in [3.63, 3.8) is 0 Å². The molecule has 0 aliphatic rings. The Morgan fingerprint density at radius 3 is 2.67 bits per heavy atom. The van der Waals surface area contributed by atoms with E-state index in [9.17, 15) is 4.79 Å². The van der Waals surface area contributed by atoms with E-state index >= 15 is 0 Å². The Labute approximate surface area is 56.6 Å². The van der Waals surface area contributed by atoms with Crippen molar-refractivity contribution in [3.05, 3.63) is 6.92 Å². The van der Waals surface area contributed by atoms with E-state index in [1.54, 1.807) is 0 Å². The molecule has 1 amide bonds. The van der Waals surface area contributed by atoms with Crippen LogP contribution in [-0.2, 0) is 4.79 Å². The number of rotatable bonds is 3. The molecule has 1 radical (unpaired) electrons. The van der Waals surface area contributed by atoms with Gasteiger partial charge in [0.15, 0.2) is 0 Å². The lowest BCUT2D eigenvalue weighted by Crippen LogP contribution is -2.29. The van der Waals surface area contributed by atoms with Gasteiger partial charge >= 0.3 is 0 Å². The molecule has 2 heteroatoms. The van der Waals surface area contributed by atoms with Gasteiger partial charge in [-0.3, -0.25) is 4.79 Å². The van der Waals surface area contributed by atoms with Gasteiger partial charge in [-0.2, -0.15) is 0 Å². The van der Waals surface area contributed by atoms with Gasteiger partial charge < -0.3 is 5.32 Å². The van der Waals surface area contributed by atoms with Gasteiger partial charge in [-0.1, -0.05) is 13.3 Å². The lowest BCUT2D eigenvalue weighted by molar-refractivity contribution is -0.119. The Morgan fingerprint density at radius 1 is 1.78 bits per heavy atom. The standard InChI is InChI=1S/C7H14NO/c1-4-5-6(2)8-7(3)9/h6H,1,4-5H2,2-3H3,(H,8,9). The molecule has 1 atom stereocenters. The summed E-state index contributed by atoms with van der Waals surface area (Å²) in [6.07, 6.45) is 1.83. The molecule has 0 aromatic heterocycles. The Morgan fingerprint density at radius 2 is 2.33 bits per heavy atom. The van der Waals surface area contributed by atoms with Crippen molar-refractivity contribution in [2.24, 2.45) is 0 Å². The smallest absolute Gasteiger partial charge is 0.217 e. The van der Waals surface area contributed by atoms with Crippen LogP contribution in [0, 0.1) is 6.92 Å². The maximum absolute atomic E-state index is 10.4. The minimum absolute atomic E-state index is 0.0379. The molecule has 0 bridgehead atoms. The molecule has 0 rings (SSSR count). The Balaban J connectivity index is 3.26. The van der Waals surface area contributed by atoms with Crippen molar-refractivity contribution in [2.75, 3.05) is 0 Å². The van der Waals surface area contributed by atoms with Crippen LogP contribution in [0.25, 0.3) is 0 Å².